The minimum atomic E-state index is -0.521. The van der Waals surface area contributed by atoms with E-state index < -0.39 is 5.97 Å². The summed E-state index contributed by atoms with van der Waals surface area (Å²) in [6.07, 6.45) is 1.96. The topological polar surface area (TPSA) is 64.5 Å². The Balaban J connectivity index is 2.25. The molecule has 8 heteroatoms. The van der Waals surface area contributed by atoms with Crippen LogP contribution in [0.15, 0.2) is 6.07 Å². The first-order chi connectivity index (χ1) is 10.2. The molecule has 1 aromatic rings. The summed E-state index contributed by atoms with van der Waals surface area (Å²) in [5.74, 6) is 0.118. The Bertz CT molecular complexity index is 504. The lowest BCUT2D eigenvalue weighted by molar-refractivity contribution is 0.0593. The fraction of sp³-hybridized carbons (Fsp3) is 0.615. The van der Waals surface area contributed by atoms with Crippen LogP contribution >= 0.6 is 11.6 Å². The molecule has 1 aliphatic heterocycles. The number of nitrogens with zero attached hydrogens (tertiary/aromatic N) is 3. The maximum atomic E-state index is 11.6. The molecule has 0 unspecified atom stereocenters. The fourth-order valence-corrected chi connectivity index (χ4v) is 2.49. The molecule has 0 saturated carbocycles. The molecule has 0 spiro atoms. The smallest absolute Gasteiger partial charge is 0.356 e. The fourth-order valence-electron chi connectivity index (χ4n) is 2.32. The van der Waals surface area contributed by atoms with Crippen molar-refractivity contribution in [3.8, 4) is 0 Å². The van der Waals surface area contributed by atoms with Crippen LogP contribution in [0.2, 0.25) is 18.4 Å². The van der Waals surface area contributed by atoms with Crippen molar-refractivity contribution in [2.45, 2.75) is 25.6 Å². The molecule has 1 saturated heterocycles. The lowest BCUT2D eigenvalue weighted by Gasteiger charge is -2.36. The Labute approximate surface area is 130 Å². The lowest BCUT2D eigenvalue weighted by Crippen LogP contribution is -2.46. The zero-order valence-electron chi connectivity index (χ0n) is 12.2. The number of rotatable bonds is 5. The second-order valence-electron chi connectivity index (χ2n) is 4.78. The minimum absolute atomic E-state index is 0.0418. The first-order valence-corrected chi connectivity index (χ1v) is 7.28. The molecule has 2 heterocycles. The van der Waals surface area contributed by atoms with E-state index in [0.717, 1.165) is 12.7 Å². The molecular formula is C13H18BClN3O3. The molecule has 1 fully saturated rings. The van der Waals surface area contributed by atoms with Crippen LogP contribution in [0.4, 0.5) is 5.82 Å². The van der Waals surface area contributed by atoms with Crippen LogP contribution < -0.4 is 4.90 Å². The van der Waals surface area contributed by atoms with E-state index >= 15 is 0 Å². The average Bonchev–Trinajstić information content (AvgIpc) is 2.51. The third-order valence-corrected chi connectivity index (χ3v) is 3.56. The molecule has 0 bridgehead atoms. The van der Waals surface area contributed by atoms with Gasteiger partial charge in [-0.1, -0.05) is 13.1 Å². The first-order valence-electron chi connectivity index (χ1n) is 6.90. The normalized spacial score (nSPS) is 18.4. The Morgan fingerprint density at radius 1 is 1.62 bits per heavy atom. The summed E-state index contributed by atoms with van der Waals surface area (Å²) < 4.78 is 10.2. The highest BCUT2D eigenvalue weighted by Gasteiger charge is 2.25. The van der Waals surface area contributed by atoms with E-state index in [1.165, 1.54) is 7.11 Å². The number of halogens is 1. The van der Waals surface area contributed by atoms with Gasteiger partial charge in [-0.05, 0) is 18.0 Å². The number of esters is 1. The monoisotopic (exact) mass is 310 g/mol. The lowest BCUT2D eigenvalue weighted by atomic mass is 9.75. The molecule has 0 amide bonds. The summed E-state index contributed by atoms with van der Waals surface area (Å²) in [5.41, 5.74) is 0.166. The highest BCUT2D eigenvalue weighted by atomic mass is 35.5. The quantitative estimate of drug-likeness (QED) is 0.468. The van der Waals surface area contributed by atoms with E-state index in [-0.39, 0.29) is 17.0 Å². The maximum Gasteiger partial charge on any atom is 0.356 e. The van der Waals surface area contributed by atoms with E-state index in [9.17, 15) is 4.79 Å². The van der Waals surface area contributed by atoms with Crippen LogP contribution in [0.1, 0.15) is 16.9 Å². The van der Waals surface area contributed by atoms with Crippen LogP contribution in [0.3, 0.4) is 0 Å². The minimum Gasteiger partial charge on any atom is -0.464 e. The Morgan fingerprint density at radius 3 is 3.14 bits per heavy atom. The molecule has 1 aliphatic rings. The molecule has 0 aliphatic carbocycles. The average molecular weight is 311 g/mol. The molecule has 1 radical (unpaired) electrons. The second-order valence-corrected chi connectivity index (χ2v) is 5.12. The standard InChI is InChI=1S/C13H18BClN3O3/c1-14-4-3-9-8-21-6-5-18(9)11-7-10(12(19)20-2)16-13(15)17-11/h7,9H,3-6,8H2,1-2H3/t9-/m1/s1. The summed E-state index contributed by atoms with van der Waals surface area (Å²) in [4.78, 5) is 21.9. The zero-order valence-corrected chi connectivity index (χ0v) is 13.0. The van der Waals surface area contributed by atoms with Gasteiger partial charge in [0.2, 0.25) is 5.28 Å². The predicted octanol–water partition coefficient (Wildman–Crippen LogP) is 1.68. The van der Waals surface area contributed by atoms with Gasteiger partial charge in [0.05, 0.1) is 26.4 Å². The zero-order chi connectivity index (χ0) is 15.2. The van der Waals surface area contributed by atoms with Gasteiger partial charge in [-0.2, -0.15) is 0 Å². The molecule has 1 atom stereocenters. The summed E-state index contributed by atoms with van der Waals surface area (Å²) >= 11 is 5.93. The largest absolute Gasteiger partial charge is 0.464 e. The molecule has 2 rings (SSSR count). The number of hydrogen-bond donors (Lipinski definition) is 0. The van der Waals surface area contributed by atoms with Crippen LogP contribution in [0, 0.1) is 0 Å². The van der Waals surface area contributed by atoms with E-state index in [1.807, 2.05) is 6.82 Å². The SMILES string of the molecule is C[B]CC[C@@H]1COCCN1c1cc(C(=O)OC)nc(Cl)n1. The van der Waals surface area contributed by atoms with Gasteiger partial charge in [0.15, 0.2) is 5.69 Å². The second kappa shape index (κ2) is 7.61. The van der Waals surface area contributed by atoms with Crippen LogP contribution in [-0.4, -0.2) is 56.1 Å². The van der Waals surface area contributed by atoms with Gasteiger partial charge in [-0.25, -0.2) is 14.8 Å². The summed E-state index contributed by atoms with van der Waals surface area (Å²) in [5, 5.41) is 0.0418. The van der Waals surface area contributed by atoms with Crippen molar-refractivity contribution in [1.82, 2.24) is 9.97 Å². The number of hydrogen-bond acceptors (Lipinski definition) is 6. The Kier molecular flexibility index (Phi) is 5.81. The molecular weight excluding hydrogens is 292 g/mol. The molecule has 0 N–H and O–H groups in total. The third kappa shape index (κ3) is 4.08. The number of aromatic nitrogens is 2. The van der Waals surface area contributed by atoms with Crippen molar-refractivity contribution < 1.29 is 14.3 Å². The van der Waals surface area contributed by atoms with Crippen LogP contribution in [0.25, 0.3) is 0 Å². The van der Waals surface area contributed by atoms with Crippen molar-refractivity contribution in [1.29, 1.82) is 0 Å². The molecule has 1 aromatic heterocycles. The third-order valence-electron chi connectivity index (χ3n) is 3.39. The van der Waals surface area contributed by atoms with Gasteiger partial charge in [-0.15, -0.1) is 0 Å². The molecule has 21 heavy (non-hydrogen) atoms. The number of anilines is 1. The number of carbonyl (C=O) groups is 1. The molecule has 6 nitrogen and oxygen atoms in total. The number of morpholine rings is 1. The van der Waals surface area contributed by atoms with Gasteiger partial charge in [0, 0.05) is 12.6 Å². The van der Waals surface area contributed by atoms with E-state index in [2.05, 4.69) is 26.9 Å². The van der Waals surface area contributed by atoms with Gasteiger partial charge in [0.25, 0.3) is 0 Å². The number of ether oxygens (including phenoxy) is 2. The maximum absolute atomic E-state index is 11.6. The van der Waals surface area contributed by atoms with Crippen molar-refractivity contribution in [2.75, 3.05) is 31.8 Å². The molecule has 0 aromatic carbocycles. The highest BCUT2D eigenvalue weighted by Crippen LogP contribution is 2.22. The summed E-state index contributed by atoms with van der Waals surface area (Å²) in [7, 11) is 3.44. The van der Waals surface area contributed by atoms with Crippen molar-refractivity contribution in [3.63, 3.8) is 0 Å². The summed E-state index contributed by atoms with van der Waals surface area (Å²) in [6.45, 7) is 4.01. The van der Waals surface area contributed by atoms with Crippen molar-refractivity contribution >= 4 is 30.7 Å². The van der Waals surface area contributed by atoms with Crippen LogP contribution in [-0.2, 0) is 9.47 Å². The van der Waals surface area contributed by atoms with E-state index in [4.69, 9.17) is 16.3 Å². The Hall–Kier alpha value is -1.34. The van der Waals surface area contributed by atoms with Gasteiger partial charge >= 0.3 is 5.97 Å². The van der Waals surface area contributed by atoms with Crippen molar-refractivity contribution in [2.24, 2.45) is 0 Å². The molecule has 113 valence electrons. The number of carbonyl (C=O) groups excluding carboxylic acids is 1. The first kappa shape index (κ1) is 16.0. The van der Waals surface area contributed by atoms with E-state index in [1.54, 1.807) is 6.07 Å². The predicted molar refractivity (Wildman–Crippen MR) is 81.4 cm³/mol. The summed E-state index contributed by atoms with van der Waals surface area (Å²) in [6, 6.07) is 1.83. The van der Waals surface area contributed by atoms with Crippen LogP contribution in [0.5, 0.6) is 0 Å². The Morgan fingerprint density at radius 2 is 2.43 bits per heavy atom. The van der Waals surface area contributed by atoms with E-state index in [0.29, 0.717) is 25.6 Å². The van der Waals surface area contributed by atoms with Gasteiger partial charge < -0.3 is 14.4 Å². The van der Waals surface area contributed by atoms with Gasteiger partial charge in [0.1, 0.15) is 13.1 Å². The number of methoxy groups -OCH3 is 1. The van der Waals surface area contributed by atoms with Crippen molar-refractivity contribution in [3.05, 3.63) is 17.0 Å². The highest BCUT2D eigenvalue weighted by molar-refractivity contribution is 6.33. The van der Waals surface area contributed by atoms with Gasteiger partial charge in [-0.3, -0.25) is 0 Å².